The van der Waals surface area contributed by atoms with Gasteiger partial charge in [-0.05, 0) is 31.2 Å². The summed E-state index contributed by atoms with van der Waals surface area (Å²) in [6, 6.07) is 11.6. The van der Waals surface area contributed by atoms with E-state index in [0.29, 0.717) is 42.8 Å². The summed E-state index contributed by atoms with van der Waals surface area (Å²) in [6.45, 7) is 2.62. The van der Waals surface area contributed by atoms with E-state index in [1.165, 1.54) is 10.6 Å². The molecule has 1 aliphatic heterocycles. The Morgan fingerprint density at radius 3 is 2.50 bits per heavy atom. The molecule has 1 aromatic carbocycles. The van der Waals surface area contributed by atoms with Crippen molar-refractivity contribution in [2.24, 2.45) is 5.92 Å². The van der Waals surface area contributed by atoms with Gasteiger partial charge in [-0.15, -0.1) is 0 Å². The fourth-order valence-electron chi connectivity index (χ4n) is 3.58. The summed E-state index contributed by atoms with van der Waals surface area (Å²) in [4.78, 5) is 12.5. The van der Waals surface area contributed by atoms with Crippen molar-refractivity contribution in [1.82, 2.24) is 4.31 Å². The van der Waals surface area contributed by atoms with Crippen LogP contribution in [0.2, 0.25) is 0 Å². The van der Waals surface area contributed by atoms with Gasteiger partial charge in [0.15, 0.2) is 0 Å². The van der Waals surface area contributed by atoms with Crippen molar-refractivity contribution < 1.29 is 17.6 Å². The van der Waals surface area contributed by atoms with Gasteiger partial charge in [-0.3, -0.25) is 10.1 Å². The van der Waals surface area contributed by atoms with Gasteiger partial charge in [-0.1, -0.05) is 30.3 Å². The van der Waals surface area contributed by atoms with E-state index in [-0.39, 0.29) is 24.1 Å². The smallest absolute Gasteiger partial charge is 0.226 e. The molecule has 8 heteroatoms. The SMILES string of the molecule is Cc1oc(NC(=O)CC2CCN(S(C)(=O)=O)CC2)c(C#N)c1-c1ccccc1. The molecule has 7 nitrogen and oxygen atoms in total. The molecule has 1 aliphatic rings. The average molecular weight is 401 g/mol. The van der Waals surface area contributed by atoms with Gasteiger partial charge in [0.2, 0.25) is 21.8 Å². The van der Waals surface area contributed by atoms with Gasteiger partial charge in [0.25, 0.3) is 0 Å². The Morgan fingerprint density at radius 2 is 1.93 bits per heavy atom. The number of rotatable bonds is 5. The number of carbonyl (C=O) groups is 1. The number of nitriles is 1. The van der Waals surface area contributed by atoms with Crippen molar-refractivity contribution >= 4 is 21.8 Å². The molecule has 1 fully saturated rings. The standard InChI is InChI=1S/C20H23N3O4S/c1-14-19(16-6-4-3-5-7-16)17(13-21)20(27-14)22-18(24)12-15-8-10-23(11-9-15)28(2,25)26/h3-7,15H,8-12H2,1-2H3,(H,22,24). The molecule has 148 valence electrons. The van der Waals surface area contributed by atoms with Gasteiger partial charge in [0.1, 0.15) is 17.4 Å². The molecule has 0 saturated carbocycles. The fraction of sp³-hybridized carbons (Fsp3) is 0.400. The zero-order chi connectivity index (χ0) is 20.3. The lowest BCUT2D eigenvalue weighted by molar-refractivity contribution is -0.117. The number of benzene rings is 1. The summed E-state index contributed by atoms with van der Waals surface area (Å²) in [7, 11) is -3.18. The highest BCUT2D eigenvalue weighted by molar-refractivity contribution is 7.88. The first-order chi connectivity index (χ1) is 13.3. The van der Waals surface area contributed by atoms with Gasteiger partial charge in [0, 0.05) is 25.1 Å². The number of sulfonamides is 1. The van der Waals surface area contributed by atoms with E-state index in [1.54, 1.807) is 6.92 Å². The van der Waals surface area contributed by atoms with E-state index < -0.39 is 10.0 Å². The minimum absolute atomic E-state index is 0.105. The van der Waals surface area contributed by atoms with Gasteiger partial charge in [-0.25, -0.2) is 12.7 Å². The molecule has 0 radical (unpaired) electrons. The van der Waals surface area contributed by atoms with Crippen LogP contribution in [-0.2, 0) is 14.8 Å². The Balaban J connectivity index is 1.68. The minimum Gasteiger partial charge on any atom is -0.443 e. The van der Waals surface area contributed by atoms with Crippen LogP contribution < -0.4 is 5.32 Å². The molecule has 0 atom stereocenters. The maximum absolute atomic E-state index is 12.5. The van der Waals surface area contributed by atoms with Crippen LogP contribution in [0, 0.1) is 24.2 Å². The molecule has 1 aromatic heterocycles. The number of hydrogen-bond donors (Lipinski definition) is 1. The zero-order valence-corrected chi connectivity index (χ0v) is 16.8. The molecular formula is C20H23N3O4S. The topological polar surface area (TPSA) is 103 Å². The van der Waals surface area contributed by atoms with Crippen LogP contribution in [-0.4, -0.2) is 38.0 Å². The fourth-order valence-corrected chi connectivity index (χ4v) is 4.45. The molecule has 2 aromatic rings. The third-order valence-electron chi connectivity index (χ3n) is 5.03. The third-order valence-corrected chi connectivity index (χ3v) is 6.33. The summed E-state index contributed by atoms with van der Waals surface area (Å²) < 4.78 is 30.3. The lowest BCUT2D eigenvalue weighted by Crippen LogP contribution is -2.38. The highest BCUT2D eigenvalue weighted by Gasteiger charge is 2.27. The van der Waals surface area contributed by atoms with Crippen molar-refractivity contribution in [3.63, 3.8) is 0 Å². The molecule has 1 N–H and O–H groups in total. The van der Waals surface area contributed by atoms with Gasteiger partial charge in [0.05, 0.1) is 6.26 Å². The van der Waals surface area contributed by atoms with Crippen LogP contribution in [0.3, 0.4) is 0 Å². The van der Waals surface area contributed by atoms with Gasteiger partial charge < -0.3 is 4.42 Å². The molecule has 1 amide bonds. The lowest BCUT2D eigenvalue weighted by Gasteiger charge is -2.29. The normalized spacial score (nSPS) is 15.9. The molecular weight excluding hydrogens is 378 g/mol. The van der Waals surface area contributed by atoms with E-state index in [0.717, 1.165) is 5.56 Å². The number of anilines is 1. The van der Waals surface area contributed by atoms with Crippen LogP contribution in [0.1, 0.15) is 30.6 Å². The van der Waals surface area contributed by atoms with Crippen molar-refractivity contribution in [3.05, 3.63) is 41.7 Å². The molecule has 0 bridgehead atoms. The first kappa shape index (κ1) is 20.1. The number of nitrogens with one attached hydrogen (secondary N) is 1. The van der Waals surface area contributed by atoms with Crippen LogP contribution in [0.15, 0.2) is 34.7 Å². The number of carbonyl (C=O) groups excluding carboxylic acids is 1. The van der Waals surface area contributed by atoms with E-state index in [2.05, 4.69) is 11.4 Å². The second kappa shape index (κ2) is 8.17. The summed E-state index contributed by atoms with van der Waals surface area (Å²) in [5.41, 5.74) is 1.85. The summed E-state index contributed by atoms with van der Waals surface area (Å²) >= 11 is 0. The first-order valence-corrected chi connectivity index (χ1v) is 11.0. The predicted molar refractivity (Wildman–Crippen MR) is 106 cm³/mol. The number of amides is 1. The van der Waals surface area contributed by atoms with Crippen LogP contribution >= 0.6 is 0 Å². The second-order valence-corrected chi connectivity index (χ2v) is 9.06. The number of aryl methyl sites for hydroxylation is 1. The van der Waals surface area contributed by atoms with Crippen LogP contribution in [0.25, 0.3) is 11.1 Å². The molecule has 0 spiro atoms. The molecule has 1 saturated heterocycles. The largest absolute Gasteiger partial charge is 0.443 e. The Bertz CT molecular complexity index is 998. The number of nitrogens with zero attached hydrogens (tertiary/aromatic N) is 2. The lowest BCUT2D eigenvalue weighted by atomic mass is 9.94. The van der Waals surface area contributed by atoms with Gasteiger partial charge >= 0.3 is 0 Å². The molecule has 0 unspecified atom stereocenters. The first-order valence-electron chi connectivity index (χ1n) is 9.13. The highest BCUT2D eigenvalue weighted by atomic mass is 32.2. The monoisotopic (exact) mass is 401 g/mol. The number of furan rings is 1. The summed E-state index contributed by atoms with van der Waals surface area (Å²) in [5, 5.41) is 12.3. The van der Waals surface area contributed by atoms with Gasteiger partial charge in [-0.2, -0.15) is 5.26 Å². The van der Waals surface area contributed by atoms with E-state index in [1.807, 2.05) is 30.3 Å². The summed E-state index contributed by atoms with van der Waals surface area (Å²) in [5.74, 6) is 0.604. The Labute approximate surface area is 165 Å². The molecule has 0 aliphatic carbocycles. The highest BCUT2D eigenvalue weighted by Crippen LogP contribution is 2.35. The van der Waals surface area contributed by atoms with E-state index in [4.69, 9.17) is 4.42 Å². The molecule has 28 heavy (non-hydrogen) atoms. The average Bonchev–Trinajstić information content (AvgIpc) is 2.96. The molecule has 3 rings (SSSR count). The Hall–Kier alpha value is -2.63. The minimum atomic E-state index is -3.18. The predicted octanol–water partition coefficient (Wildman–Crippen LogP) is 3.13. The number of hydrogen-bond acceptors (Lipinski definition) is 5. The molecule has 2 heterocycles. The van der Waals surface area contributed by atoms with E-state index in [9.17, 15) is 18.5 Å². The maximum Gasteiger partial charge on any atom is 0.226 e. The zero-order valence-electron chi connectivity index (χ0n) is 15.9. The number of piperidine rings is 1. The second-order valence-electron chi connectivity index (χ2n) is 7.07. The van der Waals surface area contributed by atoms with Crippen LogP contribution in [0.4, 0.5) is 5.88 Å². The van der Waals surface area contributed by atoms with Crippen LogP contribution in [0.5, 0.6) is 0 Å². The van der Waals surface area contributed by atoms with Crippen molar-refractivity contribution in [3.8, 4) is 17.2 Å². The van der Waals surface area contributed by atoms with E-state index >= 15 is 0 Å². The Morgan fingerprint density at radius 1 is 1.29 bits per heavy atom. The summed E-state index contributed by atoms with van der Waals surface area (Å²) in [6.07, 6.45) is 2.74. The van der Waals surface area contributed by atoms with Crippen molar-refractivity contribution in [2.45, 2.75) is 26.2 Å². The van der Waals surface area contributed by atoms with Crippen molar-refractivity contribution in [1.29, 1.82) is 5.26 Å². The quantitative estimate of drug-likeness (QED) is 0.829. The Kier molecular flexibility index (Phi) is 5.87. The maximum atomic E-state index is 12.5. The third kappa shape index (κ3) is 4.43. The van der Waals surface area contributed by atoms with Crippen molar-refractivity contribution in [2.75, 3.05) is 24.7 Å².